The van der Waals surface area contributed by atoms with Crippen LogP contribution in [-0.2, 0) is 13.0 Å². The molecule has 28 heavy (non-hydrogen) atoms. The van der Waals surface area contributed by atoms with E-state index in [4.69, 9.17) is 13.9 Å². The average molecular weight is 501 g/mol. The molecule has 154 valence electrons. The molecule has 3 rings (SSSR count). The minimum atomic E-state index is -0.755. The molecule has 0 radical (unpaired) electrons. The van der Waals surface area contributed by atoms with Gasteiger partial charge in [0, 0.05) is 19.6 Å². The Morgan fingerprint density at radius 3 is 2.61 bits per heavy atom. The number of aliphatic hydroxyl groups is 1. The third kappa shape index (κ3) is 5.11. The predicted molar refractivity (Wildman–Crippen MR) is 119 cm³/mol. The van der Waals surface area contributed by atoms with Gasteiger partial charge in [-0.05, 0) is 48.7 Å². The number of nitrogens with one attached hydrogen (secondary N) is 1. The maximum Gasteiger partial charge on any atom is 0.194 e. The number of benzene rings is 1. The molecule has 0 aliphatic carbocycles. The molecular formula is C20H28IN3O4. The summed E-state index contributed by atoms with van der Waals surface area (Å²) >= 11 is 0. The van der Waals surface area contributed by atoms with Gasteiger partial charge in [0.25, 0.3) is 0 Å². The molecule has 0 amide bonds. The first-order valence-corrected chi connectivity index (χ1v) is 9.14. The van der Waals surface area contributed by atoms with Crippen LogP contribution in [0.25, 0.3) is 0 Å². The van der Waals surface area contributed by atoms with Gasteiger partial charge in [-0.25, -0.2) is 4.99 Å². The minimum absolute atomic E-state index is 0. The number of furan rings is 1. The van der Waals surface area contributed by atoms with Crippen LogP contribution < -0.4 is 14.8 Å². The van der Waals surface area contributed by atoms with E-state index >= 15 is 0 Å². The zero-order chi connectivity index (χ0) is 19.2. The van der Waals surface area contributed by atoms with Crippen LogP contribution in [0.4, 0.5) is 0 Å². The molecule has 0 saturated heterocycles. The van der Waals surface area contributed by atoms with Crippen molar-refractivity contribution in [1.82, 2.24) is 10.2 Å². The zero-order valence-corrected chi connectivity index (χ0v) is 18.8. The standard InChI is InChI=1S/C20H27N3O4.HI/c1-4-21-20(22-12-16(24)17-6-5-9-27-17)23-8-7-14-10-18(25-2)19(26-3)11-15(14)13-23;/h5-6,9-11,16,24H,4,7-8,12-13H2,1-3H3,(H,21,22);1H. The molecule has 1 aliphatic rings. The van der Waals surface area contributed by atoms with E-state index < -0.39 is 6.10 Å². The largest absolute Gasteiger partial charge is 0.493 e. The highest BCUT2D eigenvalue weighted by Gasteiger charge is 2.22. The molecule has 0 saturated carbocycles. The topological polar surface area (TPSA) is 79.5 Å². The van der Waals surface area contributed by atoms with Gasteiger partial charge in [-0.15, -0.1) is 24.0 Å². The summed E-state index contributed by atoms with van der Waals surface area (Å²) in [5, 5.41) is 13.5. The van der Waals surface area contributed by atoms with Crippen molar-refractivity contribution in [2.24, 2.45) is 4.99 Å². The Balaban J connectivity index is 0.00000280. The van der Waals surface area contributed by atoms with Crippen LogP contribution in [0.3, 0.4) is 0 Å². The second kappa shape index (κ2) is 10.6. The summed E-state index contributed by atoms with van der Waals surface area (Å²) in [6, 6.07) is 7.60. The molecular weight excluding hydrogens is 473 g/mol. The normalized spacial score (nSPS) is 14.7. The van der Waals surface area contributed by atoms with Crippen molar-refractivity contribution in [1.29, 1.82) is 0 Å². The summed E-state index contributed by atoms with van der Waals surface area (Å²) in [7, 11) is 3.30. The molecule has 1 aromatic carbocycles. The van der Waals surface area contributed by atoms with Crippen molar-refractivity contribution in [3.8, 4) is 11.5 Å². The van der Waals surface area contributed by atoms with E-state index in [-0.39, 0.29) is 30.5 Å². The fourth-order valence-corrected chi connectivity index (χ4v) is 3.23. The quantitative estimate of drug-likeness (QED) is 0.360. The lowest BCUT2D eigenvalue weighted by molar-refractivity contribution is 0.158. The Bertz CT molecular complexity index is 780. The number of guanidine groups is 1. The Morgan fingerprint density at radius 1 is 1.29 bits per heavy atom. The molecule has 2 aromatic rings. The smallest absolute Gasteiger partial charge is 0.194 e. The molecule has 1 aromatic heterocycles. The van der Waals surface area contributed by atoms with E-state index in [9.17, 15) is 5.11 Å². The zero-order valence-electron chi connectivity index (χ0n) is 16.5. The number of ether oxygens (including phenoxy) is 2. The number of hydrogen-bond acceptors (Lipinski definition) is 5. The Labute approximate surface area is 182 Å². The number of halogens is 1. The first kappa shape index (κ1) is 22.4. The highest BCUT2D eigenvalue weighted by Crippen LogP contribution is 2.33. The maximum atomic E-state index is 10.2. The molecule has 0 bridgehead atoms. The summed E-state index contributed by atoms with van der Waals surface area (Å²) < 4.78 is 16.1. The van der Waals surface area contributed by atoms with E-state index in [0.29, 0.717) is 5.76 Å². The third-order valence-electron chi connectivity index (χ3n) is 4.64. The molecule has 2 N–H and O–H groups in total. The number of rotatable bonds is 6. The SMILES string of the molecule is CCNC(=NCC(O)c1ccco1)N1CCc2cc(OC)c(OC)cc2C1.I. The number of aliphatic hydroxyl groups excluding tert-OH is 1. The molecule has 1 atom stereocenters. The highest BCUT2D eigenvalue weighted by atomic mass is 127. The van der Waals surface area contributed by atoms with Gasteiger partial charge in [-0.2, -0.15) is 0 Å². The Kier molecular flexibility index (Phi) is 8.43. The molecule has 1 aliphatic heterocycles. The number of methoxy groups -OCH3 is 2. The lowest BCUT2D eigenvalue weighted by Gasteiger charge is -2.32. The Hall–Kier alpha value is -1.94. The summed E-state index contributed by atoms with van der Waals surface area (Å²) in [6.45, 7) is 4.59. The number of fused-ring (bicyclic) bond motifs is 1. The van der Waals surface area contributed by atoms with Gasteiger partial charge in [-0.3, -0.25) is 0 Å². The molecule has 0 spiro atoms. The van der Waals surface area contributed by atoms with Gasteiger partial charge < -0.3 is 29.2 Å². The van der Waals surface area contributed by atoms with Gasteiger partial charge in [0.1, 0.15) is 11.9 Å². The number of nitrogens with zero attached hydrogens (tertiary/aromatic N) is 2. The monoisotopic (exact) mass is 501 g/mol. The van der Waals surface area contributed by atoms with Gasteiger partial charge in [0.15, 0.2) is 17.5 Å². The average Bonchev–Trinajstić information content (AvgIpc) is 3.24. The van der Waals surface area contributed by atoms with Gasteiger partial charge in [-0.1, -0.05) is 0 Å². The molecule has 1 unspecified atom stereocenters. The number of hydrogen-bond donors (Lipinski definition) is 2. The highest BCUT2D eigenvalue weighted by molar-refractivity contribution is 14.0. The fraction of sp³-hybridized carbons (Fsp3) is 0.450. The van der Waals surface area contributed by atoms with Crippen molar-refractivity contribution >= 4 is 29.9 Å². The van der Waals surface area contributed by atoms with Crippen LogP contribution in [0.5, 0.6) is 11.5 Å². The van der Waals surface area contributed by atoms with E-state index in [1.807, 2.05) is 13.0 Å². The molecule has 7 nitrogen and oxygen atoms in total. The van der Waals surface area contributed by atoms with E-state index in [1.165, 1.54) is 11.1 Å². The Morgan fingerprint density at radius 2 is 2.00 bits per heavy atom. The predicted octanol–water partition coefficient (Wildman–Crippen LogP) is 2.97. The molecule has 0 fully saturated rings. The van der Waals surface area contributed by atoms with Gasteiger partial charge in [0.2, 0.25) is 0 Å². The summed E-state index contributed by atoms with van der Waals surface area (Å²) in [4.78, 5) is 6.79. The lowest BCUT2D eigenvalue weighted by atomic mass is 9.99. The second-order valence-electron chi connectivity index (χ2n) is 6.37. The minimum Gasteiger partial charge on any atom is -0.493 e. The lowest BCUT2D eigenvalue weighted by Crippen LogP contribution is -2.44. The summed E-state index contributed by atoms with van der Waals surface area (Å²) in [5.74, 6) is 2.79. The van der Waals surface area contributed by atoms with Crippen LogP contribution in [0.2, 0.25) is 0 Å². The first-order valence-electron chi connectivity index (χ1n) is 9.14. The third-order valence-corrected chi connectivity index (χ3v) is 4.64. The van der Waals surface area contributed by atoms with E-state index in [2.05, 4.69) is 21.3 Å². The van der Waals surface area contributed by atoms with Gasteiger partial charge in [0.05, 0.1) is 27.0 Å². The van der Waals surface area contributed by atoms with Crippen LogP contribution in [0.15, 0.2) is 39.9 Å². The van der Waals surface area contributed by atoms with Crippen LogP contribution in [-0.4, -0.2) is 49.8 Å². The van der Waals surface area contributed by atoms with Gasteiger partial charge >= 0.3 is 0 Å². The van der Waals surface area contributed by atoms with E-state index in [1.54, 1.807) is 32.6 Å². The number of aliphatic imine (C=N–C) groups is 1. The summed E-state index contributed by atoms with van der Waals surface area (Å²) in [6.07, 6.45) is 1.69. The second-order valence-corrected chi connectivity index (χ2v) is 6.37. The van der Waals surface area contributed by atoms with Crippen molar-refractivity contribution in [2.45, 2.75) is 26.0 Å². The van der Waals surface area contributed by atoms with Crippen molar-refractivity contribution in [3.05, 3.63) is 47.4 Å². The van der Waals surface area contributed by atoms with Crippen molar-refractivity contribution in [3.63, 3.8) is 0 Å². The van der Waals surface area contributed by atoms with Crippen LogP contribution in [0, 0.1) is 0 Å². The van der Waals surface area contributed by atoms with Crippen molar-refractivity contribution in [2.75, 3.05) is 33.9 Å². The summed E-state index contributed by atoms with van der Waals surface area (Å²) in [5.41, 5.74) is 2.45. The fourth-order valence-electron chi connectivity index (χ4n) is 3.23. The van der Waals surface area contributed by atoms with Crippen LogP contribution in [0.1, 0.15) is 29.9 Å². The van der Waals surface area contributed by atoms with E-state index in [0.717, 1.165) is 43.5 Å². The molecule has 2 heterocycles. The molecule has 8 heteroatoms. The maximum absolute atomic E-state index is 10.2. The first-order chi connectivity index (χ1) is 13.2. The van der Waals surface area contributed by atoms with Crippen molar-refractivity contribution < 1.29 is 19.0 Å². The van der Waals surface area contributed by atoms with Crippen LogP contribution >= 0.6 is 24.0 Å².